The van der Waals surface area contributed by atoms with Crippen LogP contribution in [0.1, 0.15) is 25.8 Å². The fraction of sp³-hybridized carbons (Fsp3) is 0.500. The van der Waals surface area contributed by atoms with Crippen molar-refractivity contribution in [3.8, 4) is 0 Å². The van der Waals surface area contributed by atoms with E-state index in [4.69, 9.17) is 5.73 Å². The predicted molar refractivity (Wildman–Crippen MR) is 79.7 cm³/mol. The molecule has 1 amide bonds. The Labute approximate surface area is 120 Å². The minimum atomic E-state index is -1.58. The molecule has 5 nitrogen and oxygen atoms in total. The first-order valence-corrected chi connectivity index (χ1v) is 6.86. The molecule has 0 heterocycles. The quantitative estimate of drug-likeness (QED) is 0.532. The summed E-state index contributed by atoms with van der Waals surface area (Å²) in [7, 11) is -1.58. The van der Waals surface area contributed by atoms with Crippen LogP contribution in [0.15, 0.2) is 30.3 Å². The molecule has 6 heteroatoms. The van der Waals surface area contributed by atoms with Crippen molar-refractivity contribution < 1.29 is 14.8 Å². The lowest BCUT2D eigenvalue weighted by Crippen LogP contribution is -2.52. The summed E-state index contributed by atoms with van der Waals surface area (Å²) in [5.74, 6) is -0.815. The van der Waals surface area contributed by atoms with Crippen LogP contribution in [0.25, 0.3) is 0 Å². The van der Waals surface area contributed by atoms with Crippen molar-refractivity contribution >= 4 is 13.0 Å². The van der Waals surface area contributed by atoms with Crippen molar-refractivity contribution in [2.24, 2.45) is 11.7 Å². The second kappa shape index (κ2) is 8.04. The molecule has 0 aliphatic heterocycles. The van der Waals surface area contributed by atoms with Crippen LogP contribution >= 0.6 is 0 Å². The Kier molecular flexibility index (Phi) is 6.71. The third-order valence-corrected chi connectivity index (χ3v) is 3.05. The zero-order valence-electron chi connectivity index (χ0n) is 12.0. The van der Waals surface area contributed by atoms with Crippen molar-refractivity contribution in [2.75, 3.05) is 0 Å². The number of benzene rings is 1. The van der Waals surface area contributed by atoms with E-state index >= 15 is 0 Å². The molecule has 0 radical (unpaired) electrons. The van der Waals surface area contributed by atoms with Gasteiger partial charge in [0.1, 0.15) is 0 Å². The molecule has 1 aromatic carbocycles. The van der Waals surface area contributed by atoms with Crippen molar-refractivity contribution in [1.82, 2.24) is 5.32 Å². The number of carbonyl (C=O) groups is 1. The lowest BCUT2D eigenvalue weighted by atomic mass is 9.75. The molecule has 0 aliphatic carbocycles. The lowest BCUT2D eigenvalue weighted by Gasteiger charge is -2.21. The number of carbonyl (C=O) groups excluding carboxylic acids is 1. The zero-order valence-corrected chi connectivity index (χ0v) is 12.0. The smallest absolute Gasteiger partial charge is 0.426 e. The number of amides is 1. The second-order valence-corrected chi connectivity index (χ2v) is 5.45. The van der Waals surface area contributed by atoms with Crippen molar-refractivity contribution in [3.05, 3.63) is 35.9 Å². The third-order valence-electron chi connectivity index (χ3n) is 3.05. The second-order valence-electron chi connectivity index (χ2n) is 5.45. The van der Waals surface area contributed by atoms with E-state index in [0.717, 1.165) is 5.56 Å². The molecule has 0 fully saturated rings. The predicted octanol–water partition coefficient (Wildman–Crippen LogP) is 0.0993. The molecule has 0 saturated heterocycles. The number of hydrogen-bond acceptors (Lipinski definition) is 4. The summed E-state index contributed by atoms with van der Waals surface area (Å²) in [5.41, 5.74) is 6.83. The molecule has 0 unspecified atom stereocenters. The van der Waals surface area contributed by atoms with Crippen LogP contribution in [0.5, 0.6) is 0 Å². The SMILES string of the molecule is CC(C)C[C@@H](NC(=O)[C@H](N)Cc1ccccc1)B(O)O. The fourth-order valence-corrected chi connectivity index (χ4v) is 2.01. The lowest BCUT2D eigenvalue weighted by molar-refractivity contribution is -0.122. The van der Waals surface area contributed by atoms with Crippen molar-refractivity contribution in [1.29, 1.82) is 0 Å². The highest BCUT2D eigenvalue weighted by atomic mass is 16.4. The summed E-state index contributed by atoms with van der Waals surface area (Å²) in [6.07, 6.45) is 0.907. The van der Waals surface area contributed by atoms with Crippen molar-refractivity contribution in [2.45, 2.75) is 38.7 Å². The number of nitrogens with two attached hydrogens (primary N) is 1. The standard InChI is InChI=1S/C14H23BN2O3/c1-10(2)8-13(15(19)20)17-14(18)12(16)9-11-6-4-3-5-7-11/h3-7,10,12-13,19-20H,8-9,16H2,1-2H3,(H,17,18)/t12-,13-/m1/s1. The van der Waals surface area contributed by atoms with Crippen LogP contribution < -0.4 is 11.1 Å². The Hall–Kier alpha value is -1.37. The van der Waals surface area contributed by atoms with E-state index in [2.05, 4.69) is 5.32 Å². The number of nitrogens with one attached hydrogen (secondary N) is 1. The van der Waals surface area contributed by atoms with Crippen LogP contribution in [0, 0.1) is 5.92 Å². The Balaban J connectivity index is 2.55. The number of rotatable bonds is 7. The molecule has 0 bridgehead atoms. The van der Waals surface area contributed by atoms with E-state index in [0.29, 0.717) is 12.8 Å². The molecule has 20 heavy (non-hydrogen) atoms. The molecule has 2 atom stereocenters. The Bertz CT molecular complexity index is 412. The molecular formula is C14H23BN2O3. The summed E-state index contributed by atoms with van der Waals surface area (Å²) in [6.45, 7) is 3.90. The average molecular weight is 278 g/mol. The Morgan fingerprint density at radius 1 is 1.30 bits per heavy atom. The van der Waals surface area contributed by atoms with Gasteiger partial charge >= 0.3 is 7.12 Å². The normalized spacial score (nSPS) is 13.9. The van der Waals surface area contributed by atoms with Gasteiger partial charge in [-0.05, 0) is 24.3 Å². The zero-order chi connectivity index (χ0) is 15.1. The number of hydrogen-bond donors (Lipinski definition) is 4. The third kappa shape index (κ3) is 5.73. The summed E-state index contributed by atoms with van der Waals surface area (Å²) < 4.78 is 0. The van der Waals surface area contributed by atoms with Gasteiger partial charge in [0.2, 0.25) is 5.91 Å². The van der Waals surface area contributed by atoms with Crippen LogP contribution in [0.4, 0.5) is 0 Å². The van der Waals surface area contributed by atoms with E-state index < -0.39 is 19.1 Å². The summed E-state index contributed by atoms with van der Waals surface area (Å²) in [6, 6.07) is 8.78. The highest BCUT2D eigenvalue weighted by Gasteiger charge is 2.27. The van der Waals surface area contributed by atoms with E-state index in [-0.39, 0.29) is 11.8 Å². The van der Waals surface area contributed by atoms with Crippen LogP contribution in [-0.2, 0) is 11.2 Å². The van der Waals surface area contributed by atoms with Gasteiger partial charge in [-0.1, -0.05) is 44.2 Å². The molecule has 1 aromatic rings. The molecule has 0 aromatic heterocycles. The Morgan fingerprint density at radius 2 is 1.90 bits per heavy atom. The highest BCUT2D eigenvalue weighted by Crippen LogP contribution is 2.07. The molecule has 110 valence electrons. The summed E-state index contributed by atoms with van der Waals surface area (Å²) in [5, 5.41) is 21.2. The monoisotopic (exact) mass is 278 g/mol. The first kappa shape index (κ1) is 16.7. The Morgan fingerprint density at radius 3 is 2.40 bits per heavy atom. The molecule has 1 rings (SSSR count). The molecule has 0 spiro atoms. The fourth-order valence-electron chi connectivity index (χ4n) is 2.01. The first-order chi connectivity index (χ1) is 9.40. The van der Waals surface area contributed by atoms with E-state index in [1.165, 1.54) is 0 Å². The van der Waals surface area contributed by atoms with E-state index in [1.807, 2.05) is 44.2 Å². The minimum absolute atomic E-state index is 0.243. The maximum absolute atomic E-state index is 12.0. The van der Waals surface area contributed by atoms with Gasteiger partial charge in [0.15, 0.2) is 0 Å². The molecule has 5 N–H and O–H groups in total. The maximum atomic E-state index is 12.0. The van der Waals surface area contributed by atoms with Gasteiger partial charge in [0, 0.05) is 0 Å². The van der Waals surface area contributed by atoms with E-state index in [1.54, 1.807) is 0 Å². The minimum Gasteiger partial charge on any atom is -0.426 e. The van der Waals surface area contributed by atoms with Crippen LogP contribution in [0.3, 0.4) is 0 Å². The van der Waals surface area contributed by atoms with Gasteiger partial charge in [-0.15, -0.1) is 0 Å². The maximum Gasteiger partial charge on any atom is 0.475 e. The summed E-state index contributed by atoms with van der Waals surface area (Å²) in [4.78, 5) is 12.0. The largest absolute Gasteiger partial charge is 0.475 e. The van der Waals surface area contributed by atoms with Gasteiger partial charge < -0.3 is 21.1 Å². The molecule has 0 saturated carbocycles. The van der Waals surface area contributed by atoms with Gasteiger partial charge in [0.05, 0.1) is 12.0 Å². The van der Waals surface area contributed by atoms with Crippen LogP contribution in [0.2, 0.25) is 0 Å². The first-order valence-electron chi connectivity index (χ1n) is 6.86. The van der Waals surface area contributed by atoms with Gasteiger partial charge in [0.25, 0.3) is 0 Å². The van der Waals surface area contributed by atoms with E-state index in [9.17, 15) is 14.8 Å². The van der Waals surface area contributed by atoms with Gasteiger partial charge in [-0.25, -0.2) is 0 Å². The van der Waals surface area contributed by atoms with Gasteiger partial charge in [-0.2, -0.15) is 0 Å². The molecular weight excluding hydrogens is 255 g/mol. The van der Waals surface area contributed by atoms with Gasteiger partial charge in [-0.3, -0.25) is 4.79 Å². The van der Waals surface area contributed by atoms with Crippen molar-refractivity contribution in [3.63, 3.8) is 0 Å². The van der Waals surface area contributed by atoms with Crippen LogP contribution in [-0.4, -0.2) is 35.1 Å². The highest BCUT2D eigenvalue weighted by molar-refractivity contribution is 6.43. The summed E-state index contributed by atoms with van der Waals surface area (Å²) >= 11 is 0. The average Bonchev–Trinajstić information content (AvgIpc) is 2.38. The topological polar surface area (TPSA) is 95.6 Å². The molecule has 0 aliphatic rings.